The summed E-state index contributed by atoms with van der Waals surface area (Å²) in [5.74, 6) is 0. The predicted octanol–water partition coefficient (Wildman–Crippen LogP) is 3.37. The van der Waals surface area contributed by atoms with Crippen molar-refractivity contribution in [2.75, 3.05) is 5.73 Å². The monoisotopic (exact) mass is 274 g/mol. The molecule has 4 aromatic rings. The van der Waals surface area contributed by atoms with Crippen molar-refractivity contribution in [2.24, 2.45) is 7.05 Å². The van der Waals surface area contributed by atoms with Crippen LogP contribution < -0.4 is 5.73 Å². The standard InChI is InChI=1S/C17H14N4/c1-21-6-5-13-15-9-19-10-20-16(15)8-14(17(13)21)11-3-2-4-12(18)7-11/h2-10H,18H2,1H3. The summed E-state index contributed by atoms with van der Waals surface area (Å²) in [4.78, 5) is 8.55. The molecule has 0 unspecified atom stereocenters. The molecule has 0 aliphatic carbocycles. The third-order valence-electron chi connectivity index (χ3n) is 3.84. The molecule has 102 valence electrons. The van der Waals surface area contributed by atoms with E-state index in [1.807, 2.05) is 31.4 Å². The van der Waals surface area contributed by atoms with E-state index in [-0.39, 0.29) is 0 Å². The van der Waals surface area contributed by atoms with E-state index in [1.165, 1.54) is 5.52 Å². The van der Waals surface area contributed by atoms with E-state index in [2.05, 4.69) is 38.9 Å². The SMILES string of the molecule is Cn1ccc2c3cncnc3cc(-c3cccc(N)c3)c21. The van der Waals surface area contributed by atoms with Crippen LogP contribution in [-0.2, 0) is 7.05 Å². The van der Waals surface area contributed by atoms with Gasteiger partial charge < -0.3 is 10.3 Å². The highest BCUT2D eigenvalue weighted by Crippen LogP contribution is 2.34. The maximum atomic E-state index is 5.93. The molecule has 4 nitrogen and oxygen atoms in total. The van der Waals surface area contributed by atoms with Crippen molar-refractivity contribution in [3.63, 3.8) is 0 Å². The van der Waals surface area contributed by atoms with E-state index in [0.717, 1.165) is 33.1 Å². The van der Waals surface area contributed by atoms with Crippen LogP contribution in [0.1, 0.15) is 0 Å². The number of nitrogen functional groups attached to an aromatic ring is 1. The van der Waals surface area contributed by atoms with Gasteiger partial charge in [0.2, 0.25) is 0 Å². The molecule has 2 aromatic heterocycles. The minimum atomic E-state index is 0.762. The first-order chi connectivity index (χ1) is 10.2. The van der Waals surface area contributed by atoms with Crippen molar-refractivity contribution in [3.05, 3.63) is 55.1 Å². The Hall–Kier alpha value is -2.88. The Labute approximate surface area is 121 Å². The van der Waals surface area contributed by atoms with E-state index >= 15 is 0 Å². The molecule has 0 radical (unpaired) electrons. The third-order valence-corrected chi connectivity index (χ3v) is 3.84. The molecule has 0 spiro atoms. The van der Waals surface area contributed by atoms with Crippen LogP contribution in [0, 0.1) is 0 Å². The van der Waals surface area contributed by atoms with Gasteiger partial charge in [-0.1, -0.05) is 12.1 Å². The van der Waals surface area contributed by atoms with Gasteiger partial charge in [-0.05, 0) is 29.8 Å². The molecule has 0 aliphatic rings. The van der Waals surface area contributed by atoms with E-state index in [9.17, 15) is 0 Å². The van der Waals surface area contributed by atoms with Gasteiger partial charge in [-0.25, -0.2) is 9.97 Å². The van der Waals surface area contributed by atoms with Gasteiger partial charge >= 0.3 is 0 Å². The van der Waals surface area contributed by atoms with Crippen LogP contribution in [-0.4, -0.2) is 14.5 Å². The minimum Gasteiger partial charge on any atom is -0.399 e. The van der Waals surface area contributed by atoms with Crippen molar-refractivity contribution < 1.29 is 0 Å². The summed E-state index contributed by atoms with van der Waals surface area (Å²) < 4.78 is 2.13. The maximum absolute atomic E-state index is 5.93. The largest absolute Gasteiger partial charge is 0.399 e. The van der Waals surface area contributed by atoms with Gasteiger partial charge in [0.15, 0.2) is 0 Å². The van der Waals surface area contributed by atoms with E-state index in [4.69, 9.17) is 5.73 Å². The number of aryl methyl sites for hydroxylation is 1. The fraction of sp³-hybridized carbons (Fsp3) is 0.0588. The van der Waals surface area contributed by atoms with Crippen LogP contribution >= 0.6 is 0 Å². The highest BCUT2D eigenvalue weighted by Gasteiger charge is 2.12. The normalized spacial score (nSPS) is 11.3. The van der Waals surface area contributed by atoms with Crippen molar-refractivity contribution in [1.29, 1.82) is 0 Å². The molecule has 4 heteroatoms. The van der Waals surface area contributed by atoms with Crippen LogP contribution in [0.5, 0.6) is 0 Å². The smallest absolute Gasteiger partial charge is 0.116 e. The fourth-order valence-electron chi connectivity index (χ4n) is 2.88. The van der Waals surface area contributed by atoms with Crippen molar-refractivity contribution in [1.82, 2.24) is 14.5 Å². The zero-order valence-corrected chi connectivity index (χ0v) is 11.6. The number of rotatable bonds is 1. The summed E-state index contributed by atoms with van der Waals surface area (Å²) in [6.45, 7) is 0. The average Bonchev–Trinajstić information content (AvgIpc) is 2.89. The first-order valence-corrected chi connectivity index (χ1v) is 6.78. The number of hydrogen-bond acceptors (Lipinski definition) is 3. The second kappa shape index (κ2) is 4.31. The molecule has 2 heterocycles. The van der Waals surface area contributed by atoms with Gasteiger partial charge in [0.25, 0.3) is 0 Å². The summed E-state index contributed by atoms with van der Waals surface area (Å²) >= 11 is 0. The van der Waals surface area contributed by atoms with Gasteiger partial charge in [0.1, 0.15) is 6.33 Å². The molecule has 2 aromatic carbocycles. The van der Waals surface area contributed by atoms with Gasteiger partial charge in [0.05, 0.1) is 11.0 Å². The number of nitrogens with zero attached hydrogens (tertiary/aromatic N) is 3. The predicted molar refractivity (Wildman–Crippen MR) is 85.9 cm³/mol. The molecule has 0 aliphatic heterocycles. The summed E-state index contributed by atoms with van der Waals surface area (Å²) in [7, 11) is 2.05. The molecule has 0 saturated carbocycles. The molecular formula is C17H14N4. The molecule has 4 rings (SSSR count). The van der Waals surface area contributed by atoms with E-state index in [1.54, 1.807) is 6.33 Å². The second-order valence-electron chi connectivity index (χ2n) is 5.19. The minimum absolute atomic E-state index is 0.762. The summed E-state index contributed by atoms with van der Waals surface area (Å²) in [5.41, 5.74) is 11.0. The average molecular weight is 274 g/mol. The maximum Gasteiger partial charge on any atom is 0.116 e. The third kappa shape index (κ3) is 1.76. The second-order valence-corrected chi connectivity index (χ2v) is 5.19. The number of anilines is 1. The molecule has 21 heavy (non-hydrogen) atoms. The van der Waals surface area contributed by atoms with E-state index < -0.39 is 0 Å². The Bertz CT molecular complexity index is 969. The van der Waals surface area contributed by atoms with Crippen LogP contribution in [0.4, 0.5) is 5.69 Å². The number of benzene rings is 2. The van der Waals surface area contributed by atoms with Gasteiger partial charge in [-0.3, -0.25) is 0 Å². The van der Waals surface area contributed by atoms with Gasteiger partial charge in [0, 0.05) is 41.5 Å². The Morgan fingerprint density at radius 2 is 2.00 bits per heavy atom. The zero-order chi connectivity index (χ0) is 14.4. The van der Waals surface area contributed by atoms with Crippen molar-refractivity contribution in [2.45, 2.75) is 0 Å². The Morgan fingerprint density at radius 3 is 2.86 bits per heavy atom. The Kier molecular flexibility index (Phi) is 2.44. The first-order valence-electron chi connectivity index (χ1n) is 6.78. The lowest BCUT2D eigenvalue weighted by Crippen LogP contribution is -1.92. The van der Waals surface area contributed by atoms with Crippen LogP contribution in [0.2, 0.25) is 0 Å². The molecule has 2 N–H and O–H groups in total. The van der Waals surface area contributed by atoms with Crippen LogP contribution in [0.25, 0.3) is 32.9 Å². The molecule has 0 bridgehead atoms. The number of nitrogens with two attached hydrogens (primary N) is 1. The highest BCUT2D eigenvalue weighted by atomic mass is 14.9. The molecular weight excluding hydrogens is 260 g/mol. The first kappa shape index (κ1) is 11.9. The quantitative estimate of drug-likeness (QED) is 0.541. The Morgan fingerprint density at radius 1 is 1.10 bits per heavy atom. The lowest BCUT2D eigenvalue weighted by atomic mass is 10.00. The fourth-order valence-corrected chi connectivity index (χ4v) is 2.88. The summed E-state index contributed by atoms with van der Waals surface area (Å²) in [5, 5.41) is 2.23. The number of hydrogen-bond donors (Lipinski definition) is 1. The molecule has 0 fully saturated rings. The van der Waals surface area contributed by atoms with Crippen LogP contribution in [0.15, 0.2) is 55.1 Å². The van der Waals surface area contributed by atoms with E-state index in [0.29, 0.717) is 0 Å². The van der Waals surface area contributed by atoms with Crippen molar-refractivity contribution in [3.8, 4) is 11.1 Å². The van der Waals surface area contributed by atoms with Crippen LogP contribution in [0.3, 0.4) is 0 Å². The molecule has 0 amide bonds. The molecule has 0 atom stereocenters. The molecule has 0 saturated heterocycles. The topological polar surface area (TPSA) is 56.7 Å². The summed E-state index contributed by atoms with van der Waals surface area (Å²) in [6, 6.07) is 12.2. The zero-order valence-electron chi connectivity index (χ0n) is 11.6. The number of fused-ring (bicyclic) bond motifs is 3. The summed E-state index contributed by atoms with van der Waals surface area (Å²) in [6.07, 6.45) is 5.51. The Balaban J connectivity index is 2.18. The van der Waals surface area contributed by atoms with Gasteiger partial charge in [-0.15, -0.1) is 0 Å². The lowest BCUT2D eigenvalue weighted by molar-refractivity contribution is 0.970. The number of aromatic nitrogens is 3. The lowest BCUT2D eigenvalue weighted by Gasteiger charge is -2.09. The highest BCUT2D eigenvalue weighted by molar-refractivity contribution is 6.11. The van der Waals surface area contributed by atoms with Gasteiger partial charge in [-0.2, -0.15) is 0 Å². The van der Waals surface area contributed by atoms with Crippen molar-refractivity contribution >= 4 is 27.5 Å².